The standard InChI is InChI=1S/C14H16ClN3O4/c1-2-21-9-13(14(19)20)18-7-11(16-17-18)8-22-12-5-3-4-10(15)6-12/h3-7,13H,2,8-9H2,1H3,(H,19,20). The number of aromatic nitrogens is 3. The van der Waals surface area contributed by atoms with Crippen LogP contribution in [0.1, 0.15) is 18.7 Å². The fourth-order valence-corrected chi connectivity index (χ4v) is 1.92. The summed E-state index contributed by atoms with van der Waals surface area (Å²) in [7, 11) is 0. The van der Waals surface area contributed by atoms with Gasteiger partial charge in [-0.1, -0.05) is 22.9 Å². The number of hydrogen-bond acceptors (Lipinski definition) is 5. The van der Waals surface area contributed by atoms with Crippen molar-refractivity contribution in [1.29, 1.82) is 0 Å². The topological polar surface area (TPSA) is 86.5 Å². The van der Waals surface area contributed by atoms with E-state index in [2.05, 4.69) is 10.3 Å². The molecule has 0 spiro atoms. The van der Waals surface area contributed by atoms with Crippen molar-refractivity contribution >= 4 is 17.6 Å². The van der Waals surface area contributed by atoms with Gasteiger partial charge < -0.3 is 14.6 Å². The molecule has 0 saturated heterocycles. The van der Waals surface area contributed by atoms with Crippen LogP contribution in [0.5, 0.6) is 5.75 Å². The Balaban J connectivity index is 1.99. The Morgan fingerprint density at radius 3 is 3.00 bits per heavy atom. The monoisotopic (exact) mass is 325 g/mol. The first-order valence-corrected chi connectivity index (χ1v) is 7.07. The molecule has 118 valence electrons. The zero-order chi connectivity index (χ0) is 15.9. The summed E-state index contributed by atoms with van der Waals surface area (Å²) >= 11 is 5.86. The zero-order valence-electron chi connectivity index (χ0n) is 12.0. The van der Waals surface area contributed by atoms with E-state index in [4.69, 9.17) is 21.1 Å². The highest BCUT2D eigenvalue weighted by Crippen LogP contribution is 2.18. The van der Waals surface area contributed by atoms with Gasteiger partial charge in [0.2, 0.25) is 0 Å². The molecule has 0 aliphatic rings. The van der Waals surface area contributed by atoms with E-state index in [0.29, 0.717) is 23.1 Å². The first-order valence-electron chi connectivity index (χ1n) is 6.69. The molecule has 0 amide bonds. The van der Waals surface area contributed by atoms with Crippen LogP contribution in [-0.4, -0.2) is 39.3 Å². The minimum atomic E-state index is -1.03. The summed E-state index contributed by atoms with van der Waals surface area (Å²) in [5.41, 5.74) is 0.516. The second-order valence-corrected chi connectivity index (χ2v) is 4.89. The van der Waals surface area contributed by atoms with Crippen LogP contribution in [0.3, 0.4) is 0 Å². The van der Waals surface area contributed by atoms with Crippen LogP contribution in [-0.2, 0) is 16.1 Å². The average molecular weight is 326 g/mol. The lowest BCUT2D eigenvalue weighted by molar-refractivity contribution is -0.143. The Morgan fingerprint density at radius 2 is 2.32 bits per heavy atom. The summed E-state index contributed by atoms with van der Waals surface area (Å²) < 4.78 is 11.9. The van der Waals surface area contributed by atoms with Crippen LogP contribution in [0.25, 0.3) is 0 Å². The summed E-state index contributed by atoms with van der Waals surface area (Å²) in [6.45, 7) is 2.43. The van der Waals surface area contributed by atoms with Gasteiger partial charge in [-0.25, -0.2) is 9.48 Å². The van der Waals surface area contributed by atoms with Crippen molar-refractivity contribution in [2.45, 2.75) is 19.6 Å². The van der Waals surface area contributed by atoms with Crippen molar-refractivity contribution in [3.8, 4) is 5.75 Å². The van der Waals surface area contributed by atoms with Gasteiger partial charge in [0, 0.05) is 11.6 Å². The van der Waals surface area contributed by atoms with Gasteiger partial charge in [-0.05, 0) is 25.1 Å². The molecule has 7 nitrogen and oxygen atoms in total. The molecule has 0 bridgehead atoms. The molecule has 1 heterocycles. The predicted octanol–water partition coefficient (Wildman–Crippen LogP) is 2.17. The van der Waals surface area contributed by atoms with Crippen LogP contribution >= 0.6 is 11.6 Å². The van der Waals surface area contributed by atoms with Crippen LogP contribution < -0.4 is 4.74 Å². The smallest absolute Gasteiger partial charge is 0.330 e. The second kappa shape index (κ2) is 7.77. The van der Waals surface area contributed by atoms with Crippen LogP contribution in [0.4, 0.5) is 0 Å². The SMILES string of the molecule is CCOCC(C(=O)O)n1cc(COc2cccc(Cl)c2)nn1. The molecular weight excluding hydrogens is 310 g/mol. The summed E-state index contributed by atoms with van der Waals surface area (Å²) in [5.74, 6) is -0.424. The van der Waals surface area contributed by atoms with Gasteiger partial charge in [-0.2, -0.15) is 0 Å². The van der Waals surface area contributed by atoms with E-state index in [1.54, 1.807) is 31.2 Å². The third-order valence-electron chi connectivity index (χ3n) is 2.82. The number of ether oxygens (including phenoxy) is 2. The number of carboxylic acid groups (broad SMARTS) is 1. The Bertz CT molecular complexity index is 632. The van der Waals surface area contributed by atoms with Crippen molar-refractivity contribution in [2.75, 3.05) is 13.2 Å². The van der Waals surface area contributed by atoms with E-state index in [-0.39, 0.29) is 13.2 Å². The molecule has 0 aliphatic carbocycles. The highest BCUT2D eigenvalue weighted by atomic mass is 35.5. The van der Waals surface area contributed by atoms with Crippen molar-refractivity contribution in [3.63, 3.8) is 0 Å². The van der Waals surface area contributed by atoms with Crippen molar-refractivity contribution in [2.24, 2.45) is 0 Å². The van der Waals surface area contributed by atoms with Crippen LogP contribution in [0.2, 0.25) is 5.02 Å². The Morgan fingerprint density at radius 1 is 1.50 bits per heavy atom. The molecule has 1 atom stereocenters. The predicted molar refractivity (Wildman–Crippen MR) is 79.0 cm³/mol. The first-order chi connectivity index (χ1) is 10.6. The van der Waals surface area contributed by atoms with Gasteiger partial charge in [0.1, 0.15) is 18.1 Å². The lowest BCUT2D eigenvalue weighted by atomic mass is 10.3. The Kier molecular flexibility index (Phi) is 5.74. The highest BCUT2D eigenvalue weighted by molar-refractivity contribution is 6.30. The van der Waals surface area contributed by atoms with Gasteiger partial charge >= 0.3 is 5.97 Å². The molecule has 0 aliphatic heterocycles. The minimum absolute atomic E-state index is 0.0315. The molecule has 2 aromatic rings. The Labute approximate surface area is 132 Å². The van der Waals surface area contributed by atoms with E-state index < -0.39 is 12.0 Å². The molecule has 1 unspecified atom stereocenters. The quantitative estimate of drug-likeness (QED) is 0.800. The molecule has 0 radical (unpaired) electrons. The second-order valence-electron chi connectivity index (χ2n) is 4.45. The molecule has 8 heteroatoms. The molecule has 1 N–H and O–H groups in total. The summed E-state index contributed by atoms with van der Waals surface area (Å²) in [6, 6.07) is 6.06. The van der Waals surface area contributed by atoms with E-state index >= 15 is 0 Å². The molecule has 1 aromatic carbocycles. The van der Waals surface area contributed by atoms with E-state index in [9.17, 15) is 9.90 Å². The molecule has 2 rings (SSSR count). The number of rotatable bonds is 8. The number of aliphatic carboxylic acids is 1. The van der Waals surface area contributed by atoms with Gasteiger partial charge in [-0.15, -0.1) is 5.10 Å². The van der Waals surface area contributed by atoms with Gasteiger partial charge in [0.15, 0.2) is 6.04 Å². The highest BCUT2D eigenvalue weighted by Gasteiger charge is 2.21. The first kappa shape index (κ1) is 16.3. The number of carbonyl (C=O) groups is 1. The van der Waals surface area contributed by atoms with Crippen LogP contribution in [0.15, 0.2) is 30.5 Å². The third-order valence-corrected chi connectivity index (χ3v) is 3.06. The maximum absolute atomic E-state index is 11.2. The van der Waals surface area contributed by atoms with Crippen molar-refractivity contribution in [3.05, 3.63) is 41.2 Å². The van der Waals surface area contributed by atoms with Gasteiger partial charge in [-0.3, -0.25) is 0 Å². The number of hydrogen-bond donors (Lipinski definition) is 1. The number of nitrogens with zero attached hydrogens (tertiary/aromatic N) is 3. The normalized spacial score (nSPS) is 12.1. The minimum Gasteiger partial charge on any atom is -0.487 e. The van der Waals surface area contributed by atoms with E-state index in [1.807, 2.05) is 0 Å². The summed E-state index contributed by atoms with van der Waals surface area (Å²) in [5, 5.41) is 17.5. The lowest BCUT2D eigenvalue weighted by Crippen LogP contribution is -2.24. The molecule has 0 fully saturated rings. The maximum atomic E-state index is 11.2. The number of benzene rings is 1. The Hall–Kier alpha value is -2.12. The molecule has 0 saturated carbocycles. The largest absolute Gasteiger partial charge is 0.487 e. The van der Waals surface area contributed by atoms with Crippen molar-refractivity contribution in [1.82, 2.24) is 15.0 Å². The summed E-state index contributed by atoms with van der Waals surface area (Å²) in [4.78, 5) is 11.2. The number of halogens is 1. The number of carboxylic acids is 1. The fraction of sp³-hybridized carbons (Fsp3) is 0.357. The lowest BCUT2D eigenvalue weighted by Gasteiger charge is -2.11. The molecular formula is C14H16ClN3O4. The molecule has 22 heavy (non-hydrogen) atoms. The van der Waals surface area contributed by atoms with E-state index in [1.165, 1.54) is 10.9 Å². The van der Waals surface area contributed by atoms with E-state index in [0.717, 1.165) is 0 Å². The van der Waals surface area contributed by atoms with Gasteiger partial charge in [0.25, 0.3) is 0 Å². The van der Waals surface area contributed by atoms with Gasteiger partial charge in [0.05, 0.1) is 12.8 Å². The molecule has 1 aromatic heterocycles. The fourth-order valence-electron chi connectivity index (χ4n) is 1.74. The average Bonchev–Trinajstić information content (AvgIpc) is 2.94. The zero-order valence-corrected chi connectivity index (χ0v) is 12.7. The third kappa shape index (κ3) is 4.44. The maximum Gasteiger partial charge on any atom is 0.330 e. The van der Waals surface area contributed by atoms with Crippen molar-refractivity contribution < 1.29 is 19.4 Å². The summed E-state index contributed by atoms with van der Waals surface area (Å²) in [6.07, 6.45) is 1.53. The van der Waals surface area contributed by atoms with Crippen LogP contribution in [0, 0.1) is 0 Å².